The molecule has 2 rings (SSSR count). The Kier molecular flexibility index (Phi) is 4.50. The van der Waals surface area contributed by atoms with Crippen molar-refractivity contribution in [2.45, 2.75) is 45.6 Å². The van der Waals surface area contributed by atoms with Gasteiger partial charge in [0.2, 0.25) is 0 Å². The van der Waals surface area contributed by atoms with Gasteiger partial charge in [-0.05, 0) is 63.8 Å². The molecule has 0 saturated carbocycles. The molecule has 0 radical (unpaired) electrons. The lowest BCUT2D eigenvalue weighted by Gasteiger charge is -2.20. The van der Waals surface area contributed by atoms with Crippen LogP contribution in [0, 0.1) is 0 Å². The lowest BCUT2D eigenvalue weighted by atomic mass is 9.90. The van der Waals surface area contributed by atoms with Crippen molar-refractivity contribution in [3.63, 3.8) is 0 Å². The minimum atomic E-state index is -0.532. The molecule has 0 aromatic heterocycles. The topological polar surface area (TPSA) is 59.9 Å². The first-order chi connectivity index (χ1) is 9.89. The largest absolute Gasteiger partial charge is 0.497 e. The van der Waals surface area contributed by atoms with Gasteiger partial charge in [0.1, 0.15) is 11.4 Å². The van der Waals surface area contributed by atoms with Crippen molar-refractivity contribution in [3.8, 4) is 5.75 Å². The summed E-state index contributed by atoms with van der Waals surface area (Å²) in [6.07, 6.45) is 2.32. The molecule has 0 aliphatic heterocycles. The van der Waals surface area contributed by atoms with E-state index in [0.29, 0.717) is 0 Å². The van der Waals surface area contributed by atoms with E-state index < -0.39 is 11.7 Å². The lowest BCUT2D eigenvalue weighted by Crippen LogP contribution is -2.30. The molecular formula is C16H22N2O3. The van der Waals surface area contributed by atoms with E-state index in [1.165, 1.54) is 5.56 Å². The molecule has 1 aliphatic carbocycles. The van der Waals surface area contributed by atoms with Crippen LogP contribution in [0.1, 0.15) is 44.7 Å². The smallest absolute Gasteiger partial charge is 0.428 e. The number of hydrogen-bond donors (Lipinski definition) is 1. The predicted molar refractivity (Wildman–Crippen MR) is 81.8 cm³/mol. The molecule has 0 saturated heterocycles. The van der Waals surface area contributed by atoms with E-state index in [1.54, 1.807) is 7.11 Å². The molecule has 1 N–H and O–H groups in total. The summed E-state index contributed by atoms with van der Waals surface area (Å²) in [4.78, 5) is 11.7. The van der Waals surface area contributed by atoms with E-state index in [2.05, 4.69) is 10.5 Å². The van der Waals surface area contributed by atoms with Gasteiger partial charge >= 0.3 is 6.09 Å². The Hall–Kier alpha value is -2.04. The van der Waals surface area contributed by atoms with Crippen LogP contribution >= 0.6 is 0 Å². The molecule has 1 aliphatic rings. The first-order valence-corrected chi connectivity index (χ1v) is 7.12. The van der Waals surface area contributed by atoms with Crippen LogP contribution in [0.5, 0.6) is 5.75 Å². The fourth-order valence-electron chi connectivity index (χ4n) is 2.30. The minimum absolute atomic E-state index is 0.526. The van der Waals surface area contributed by atoms with Gasteiger partial charge in [-0.3, -0.25) is 0 Å². The SMILES string of the molecule is COc1ccc2c(c1)CCCC2=NNC(=O)OC(C)(C)C. The summed E-state index contributed by atoms with van der Waals surface area (Å²) < 4.78 is 10.4. The molecular weight excluding hydrogens is 268 g/mol. The maximum Gasteiger partial charge on any atom is 0.428 e. The summed E-state index contributed by atoms with van der Waals surface area (Å²) >= 11 is 0. The fourth-order valence-corrected chi connectivity index (χ4v) is 2.30. The average Bonchev–Trinajstić information content (AvgIpc) is 2.42. The molecule has 5 heteroatoms. The number of amides is 1. The zero-order valence-corrected chi connectivity index (χ0v) is 13.0. The third-order valence-corrected chi connectivity index (χ3v) is 3.16. The Balaban J connectivity index is 2.12. The number of carbonyl (C=O) groups excluding carboxylic acids is 1. The van der Waals surface area contributed by atoms with Gasteiger partial charge in [-0.15, -0.1) is 0 Å². The summed E-state index contributed by atoms with van der Waals surface area (Å²) in [7, 11) is 1.66. The number of nitrogens with one attached hydrogen (secondary N) is 1. The molecule has 0 fully saturated rings. The first kappa shape index (κ1) is 15.4. The third kappa shape index (κ3) is 4.21. The Bertz CT molecular complexity index is 559. The Morgan fingerprint density at radius 1 is 1.29 bits per heavy atom. The van der Waals surface area contributed by atoms with E-state index in [9.17, 15) is 4.79 Å². The maximum atomic E-state index is 11.7. The monoisotopic (exact) mass is 290 g/mol. The predicted octanol–water partition coefficient (Wildman–Crippen LogP) is 3.26. The Morgan fingerprint density at radius 3 is 2.71 bits per heavy atom. The fraction of sp³-hybridized carbons (Fsp3) is 0.500. The number of carbonyl (C=O) groups is 1. The highest BCUT2D eigenvalue weighted by molar-refractivity contribution is 6.03. The second-order valence-electron chi connectivity index (χ2n) is 6.05. The van der Waals surface area contributed by atoms with Crippen molar-refractivity contribution in [3.05, 3.63) is 29.3 Å². The summed E-state index contributed by atoms with van der Waals surface area (Å²) in [5.74, 6) is 0.843. The zero-order valence-electron chi connectivity index (χ0n) is 13.0. The zero-order chi connectivity index (χ0) is 15.5. The van der Waals surface area contributed by atoms with Crippen LogP contribution in [-0.2, 0) is 11.2 Å². The molecule has 1 amide bonds. The summed E-state index contributed by atoms with van der Waals surface area (Å²) in [6.45, 7) is 5.46. The van der Waals surface area contributed by atoms with Crippen molar-refractivity contribution < 1.29 is 14.3 Å². The van der Waals surface area contributed by atoms with Crippen LogP contribution in [0.2, 0.25) is 0 Å². The second kappa shape index (κ2) is 6.16. The van der Waals surface area contributed by atoms with Crippen molar-refractivity contribution in [1.82, 2.24) is 5.43 Å². The van der Waals surface area contributed by atoms with Crippen LogP contribution in [0.15, 0.2) is 23.3 Å². The molecule has 0 unspecified atom stereocenters. The van der Waals surface area contributed by atoms with Gasteiger partial charge in [0.15, 0.2) is 0 Å². The number of fused-ring (bicyclic) bond motifs is 1. The van der Waals surface area contributed by atoms with Gasteiger partial charge in [-0.2, -0.15) is 5.10 Å². The van der Waals surface area contributed by atoms with Gasteiger partial charge in [-0.25, -0.2) is 10.2 Å². The van der Waals surface area contributed by atoms with Gasteiger partial charge in [-0.1, -0.05) is 0 Å². The van der Waals surface area contributed by atoms with Crippen molar-refractivity contribution in [2.75, 3.05) is 7.11 Å². The van der Waals surface area contributed by atoms with Gasteiger partial charge in [0, 0.05) is 5.56 Å². The number of aryl methyl sites for hydroxylation is 1. The van der Waals surface area contributed by atoms with Gasteiger partial charge in [0.25, 0.3) is 0 Å². The van der Waals surface area contributed by atoms with Crippen LogP contribution < -0.4 is 10.2 Å². The van der Waals surface area contributed by atoms with Gasteiger partial charge < -0.3 is 9.47 Å². The number of benzene rings is 1. The van der Waals surface area contributed by atoms with Crippen molar-refractivity contribution >= 4 is 11.8 Å². The van der Waals surface area contributed by atoms with E-state index in [-0.39, 0.29) is 0 Å². The number of hydrazone groups is 1. The average molecular weight is 290 g/mol. The number of methoxy groups -OCH3 is 1. The first-order valence-electron chi connectivity index (χ1n) is 7.12. The summed E-state index contributed by atoms with van der Waals surface area (Å²) in [5.41, 5.74) is 5.09. The van der Waals surface area contributed by atoms with Crippen LogP contribution in [-0.4, -0.2) is 24.5 Å². The van der Waals surface area contributed by atoms with Crippen LogP contribution in [0.3, 0.4) is 0 Å². The van der Waals surface area contributed by atoms with E-state index in [4.69, 9.17) is 9.47 Å². The summed E-state index contributed by atoms with van der Waals surface area (Å²) in [6, 6.07) is 5.92. The molecule has 0 bridgehead atoms. The van der Waals surface area contributed by atoms with Crippen molar-refractivity contribution in [1.29, 1.82) is 0 Å². The lowest BCUT2D eigenvalue weighted by molar-refractivity contribution is 0.0529. The van der Waals surface area contributed by atoms with E-state index >= 15 is 0 Å². The number of rotatable bonds is 2. The third-order valence-electron chi connectivity index (χ3n) is 3.16. The van der Waals surface area contributed by atoms with Crippen LogP contribution in [0.25, 0.3) is 0 Å². The van der Waals surface area contributed by atoms with E-state index in [0.717, 1.165) is 36.3 Å². The molecule has 1 aromatic carbocycles. The highest BCUT2D eigenvalue weighted by Gasteiger charge is 2.18. The highest BCUT2D eigenvalue weighted by atomic mass is 16.6. The molecule has 0 heterocycles. The Labute approximate surface area is 125 Å². The quantitative estimate of drug-likeness (QED) is 0.850. The number of hydrogen-bond acceptors (Lipinski definition) is 4. The minimum Gasteiger partial charge on any atom is -0.497 e. The molecule has 1 aromatic rings. The molecule has 5 nitrogen and oxygen atoms in total. The van der Waals surface area contributed by atoms with Crippen LogP contribution in [0.4, 0.5) is 4.79 Å². The number of nitrogens with zero attached hydrogens (tertiary/aromatic N) is 1. The maximum absolute atomic E-state index is 11.7. The molecule has 114 valence electrons. The Morgan fingerprint density at radius 2 is 2.05 bits per heavy atom. The summed E-state index contributed by atoms with van der Waals surface area (Å²) in [5, 5.41) is 4.22. The van der Waals surface area contributed by atoms with Gasteiger partial charge in [0.05, 0.1) is 12.8 Å². The highest BCUT2D eigenvalue weighted by Crippen LogP contribution is 2.25. The normalized spacial score (nSPS) is 16.3. The standard InChI is InChI=1S/C16H22N2O3/c1-16(2,3)21-15(19)18-17-14-7-5-6-11-10-12(20-4)8-9-13(11)14/h8-10H,5-7H2,1-4H3,(H,18,19). The van der Waals surface area contributed by atoms with E-state index in [1.807, 2.05) is 39.0 Å². The second-order valence-corrected chi connectivity index (χ2v) is 6.05. The molecule has 0 atom stereocenters. The van der Waals surface area contributed by atoms with Crippen molar-refractivity contribution in [2.24, 2.45) is 5.10 Å². The molecule has 21 heavy (non-hydrogen) atoms. The number of ether oxygens (including phenoxy) is 2. The molecule has 0 spiro atoms.